The minimum atomic E-state index is -1.23. The fraction of sp³-hybridized carbons (Fsp3) is 0.125. The van der Waals surface area contributed by atoms with Crippen LogP contribution in [0.5, 0.6) is 34.5 Å². The van der Waals surface area contributed by atoms with Crippen LogP contribution >= 0.6 is 0 Å². The van der Waals surface area contributed by atoms with E-state index in [1.54, 1.807) is 0 Å². The number of carboxylic acids is 1. The van der Waals surface area contributed by atoms with Gasteiger partial charge in [-0.05, 0) is 24.3 Å². The summed E-state index contributed by atoms with van der Waals surface area (Å²) in [5, 5.41) is 37.3. The Morgan fingerprint density at radius 2 is 1.32 bits per heavy atom. The molecule has 0 atom stereocenters. The molecule has 2 aromatic carbocycles. The summed E-state index contributed by atoms with van der Waals surface area (Å²) in [6.07, 6.45) is 0. The number of carbonyl (C=O) groups is 2. The number of phenolic OH excluding ortho intramolecular Hbond substituents is 3. The van der Waals surface area contributed by atoms with Gasteiger partial charge >= 0.3 is 11.9 Å². The number of phenols is 3. The number of benzene rings is 2. The van der Waals surface area contributed by atoms with Crippen LogP contribution in [0.15, 0.2) is 24.3 Å². The average Bonchev–Trinajstić information content (AvgIpc) is 2.58. The molecule has 25 heavy (non-hydrogen) atoms. The Morgan fingerprint density at radius 1 is 0.840 bits per heavy atom. The Balaban J connectivity index is 2.45. The number of rotatable bonds is 5. The number of carbonyl (C=O) groups excluding carboxylic acids is 1. The highest BCUT2D eigenvalue weighted by Gasteiger charge is 2.22. The molecule has 0 amide bonds. The Hall–Kier alpha value is -3.62. The molecule has 9 heteroatoms. The largest absolute Gasteiger partial charge is 0.504 e. The van der Waals surface area contributed by atoms with E-state index in [2.05, 4.69) is 0 Å². The summed E-state index contributed by atoms with van der Waals surface area (Å²) in [4.78, 5) is 23.3. The van der Waals surface area contributed by atoms with E-state index in [-0.39, 0.29) is 28.4 Å². The number of aromatic hydroxyl groups is 3. The highest BCUT2D eigenvalue weighted by molar-refractivity contribution is 5.94. The van der Waals surface area contributed by atoms with Crippen molar-refractivity contribution in [1.29, 1.82) is 0 Å². The van der Waals surface area contributed by atoms with Crippen molar-refractivity contribution >= 4 is 11.9 Å². The van der Waals surface area contributed by atoms with Crippen molar-refractivity contribution in [3.8, 4) is 34.5 Å². The first-order valence-electron chi connectivity index (χ1n) is 6.75. The molecular weight excluding hydrogens is 336 g/mol. The highest BCUT2D eigenvalue weighted by Crippen LogP contribution is 2.40. The molecule has 9 nitrogen and oxygen atoms in total. The molecule has 4 N–H and O–H groups in total. The van der Waals surface area contributed by atoms with Gasteiger partial charge < -0.3 is 34.6 Å². The van der Waals surface area contributed by atoms with Crippen LogP contribution in [-0.2, 0) is 0 Å². The summed E-state index contributed by atoms with van der Waals surface area (Å²) in [7, 11) is 2.49. The van der Waals surface area contributed by atoms with Crippen LogP contribution in [0.1, 0.15) is 20.7 Å². The first-order chi connectivity index (χ1) is 11.8. The van der Waals surface area contributed by atoms with Crippen molar-refractivity contribution in [2.24, 2.45) is 0 Å². The Morgan fingerprint density at radius 3 is 1.72 bits per heavy atom. The van der Waals surface area contributed by atoms with Gasteiger partial charge in [0, 0.05) is 0 Å². The second kappa shape index (κ2) is 6.87. The van der Waals surface area contributed by atoms with Gasteiger partial charge in [-0.25, -0.2) is 9.59 Å². The van der Waals surface area contributed by atoms with Gasteiger partial charge in [0.15, 0.2) is 28.7 Å². The number of ether oxygens (including phenoxy) is 3. The Kier molecular flexibility index (Phi) is 4.87. The van der Waals surface area contributed by atoms with Crippen LogP contribution in [0.4, 0.5) is 0 Å². The molecule has 2 aromatic rings. The lowest BCUT2D eigenvalue weighted by Gasteiger charge is -2.14. The number of aromatic carboxylic acids is 1. The third kappa shape index (κ3) is 3.50. The maximum Gasteiger partial charge on any atom is 0.344 e. The lowest BCUT2D eigenvalue weighted by molar-refractivity contribution is 0.0696. The third-order valence-corrected chi connectivity index (χ3v) is 3.21. The second-order valence-corrected chi connectivity index (χ2v) is 4.77. The Labute approximate surface area is 141 Å². The fourth-order valence-electron chi connectivity index (χ4n) is 1.98. The van der Waals surface area contributed by atoms with Gasteiger partial charge in [-0.3, -0.25) is 0 Å². The molecule has 0 aliphatic heterocycles. The minimum absolute atomic E-state index is 0.0719. The molecule has 0 bridgehead atoms. The molecule has 0 aliphatic carbocycles. The number of esters is 1. The third-order valence-electron chi connectivity index (χ3n) is 3.21. The normalized spacial score (nSPS) is 10.2. The maximum atomic E-state index is 12.2. The highest BCUT2D eigenvalue weighted by atomic mass is 16.6. The zero-order chi connectivity index (χ0) is 18.7. The fourth-order valence-corrected chi connectivity index (χ4v) is 1.98. The summed E-state index contributed by atoms with van der Waals surface area (Å²) in [6.45, 7) is 0. The number of hydrogen-bond acceptors (Lipinski definition) is 8. The van der Waals surface area contributed by atoms with Gasteiger partial charge in [0.2, 0.25) is 5.75 Å². The molecule has 0 spiro atoms. The van der Waals surface area contributed by atoms with Crippen molar-refractivity contribution in [2.45, 2.75) is 0 Å². The van der Waals surface area contributed by atoms with Gasteiger partial charge in [0.05, 0.1) is 25.3 Å². The molecule has 0 radical (unpaired) electrons. The molecule has 0 aliphatic rings. The topological polar surface area (TPSA) is 143 Å². The monoisotopic (exact) mass is 350 g/mol. The van der Waals surface area contributed by atoms with Crippen molar-refractivity contribution in [2.75, 3.05) is 14.2 Å². The van der Waals surface area contributed by atoms with Crippen LogP contribution in [-0.4, -0.2) is 46.6 Å². The lowest BCUT2D eigenvalue weighted by atomic mass is 10.1. The summed E-state index contributed by atoms with van der Waals surface area (Å²) in [6, 6.07) is 4.06. The maximum absolute atomic E-state index is 12.2. The van der Waals surface area contributed by atoms with E-state index in [0.29, 0.717) is 0 Å². The van der Waals surface area contributed by atoms with Crippen LogP contribution in [0, 0.1) is 0 Å². The van der Waals surface area contributed by atoms with E-state index < -0.39 is 29.2 Å². The minimum Gasteiger partial charge on any atom is -0.504 e. The second-order valence-electron chi connectivity index (χ2n) is 4.77. The summed E-state index contributed by atoms with van der Waals surface area (Å²) >= 11 is 0. The molecule has 0 heterocycles. The number of hydrogen-bond donors (Lipinski definition) is 4. The quantitative estimate of drug-likeness (QED) is 0.360. The molecule has 0 saturated heterocycles. The molecule has 2 rings (SSSR count). The van der Waals surface area contributed by atoms with E-state index in [0.717, 1.165) is 24.3 Å². The number of methoxy groups -OCH3 is 2. The van der Waals surface area contributed by atoms with Crippen LogP contribution in [0.3, 0.4) is 0 Å². The van der Waals surface area contributed by atoms with E-state index in [1.165, 1.54) is 14.2 Å². The molecule has 0 unspecified atom stereocenters. The van der Waals surface area contributed by atoms with Crippen molar-refractivity contribution < 1.29 is 44.2 Å². The van der Waals surface area contributed by atoms with Gasteiger partial charge in [0.1, 0.15) is 0 Å². The zero-order valence-corrected chi connectivity index (χ0v) is 13.1. The van der Waals surface area contributed by atoms with Gasteiger partial charge in [0.25, 0.3) is 0 Å². The molecule has 0 fully saturated rings. The van der Waals surface area contributed by atoms with Crippen LogP contribution in [0.2, 0.25) is 0 Å². The Bertz CT molecular complexity index is 793. The summed E-state index contributed by atoms with van der Waals surface area (Å²) in [5.74, 6) is -4.79. The van der Waals surface area contributed by atoms with Gasteiger partial charge in [-0.15, -0.1) is 0 Å². The SMILES string of the molecule is COc1cc(C(=O)O)cc(OC)c1OC(=O)c1cc(O)c(O)c(O)c1. The van der Waals surface area contributed by atoms with Crippen molar-refractivity contribution in [3.05, 3.63) is 35.4 Å². The zero-order valence-electron chi connectivity index (χ0n) is 13.1. The number of carboxylic acid groups (broad SMARTS) is 1. The lowest BCUT2D eigenvalue weighted by Crippen LogP contribution is -2.11. The van der Waals surface area contributed by atoms with E-state index >= 15 is 0 Å². The van der Waals surface area contributed by atoms with E-state index in [1.807, 2.05) is 0 Å². The summed E-state index contributed by atoms with van der Waals surface area (Å²) < 4.78 is 15.2. The van der Waals surface area contributed by atoms with Crippen molar-refractivity contribution in [3.63, 3.8) is 0 Å². The van der Waals surface area contributed by atoms with Crippen molar-refractivity contribution in [1.82, 2.24) is 0 Å². The average molecular weight is 350 g/mol. The first kappa shape index (κ1) is 17.7. The van der Waals surface area contributed by atoms with E-state index in [4.69, 9.17) is 19.3 Å². The molecule has 132 valence electrons. The van der Waals surface area contributed by atoms with Crippen LogP contribution in [0.25, 0.3) is 0 Å². The summed E-state index contributed by atoms with van der Waals surface area (Å²) in [5.41, 5.74) is -0.410. The molecular formula is C16H14O9. The molecule has 0 aromatic heterocycles. The smallest absolute Gasteiger partial charge is 0.344 e. The van der Waals surface area contributed by atoms with E-state index in [9.17, 15) is 24.9 Å². The molecule has 0 saturated carbocycles. The van der Waals surface area contributed by atoms with Crippen LogP contribution < -0.4 is 14.2 Å². The van der Waals surface area contributed by atoms with Gasteiger partial charge in [-0.1, -0.05) is 0 Å². The van der Waals surface area contributed by atoms with Gasteiger partial charge in [-0.2, -0.15) is 0 Å². The standard InChI is InChI=1S/C16H14O9/c1-23-11-5-7(15(20)21)6-12(24-2)14(11)25-16(22)8-3-9(17)13(19)10(18)4-8/h3-6,17-19H,1-2H3,(H,20,21). The predicted molar refractivity (Wildman–Crippen MR) is 82.9 cm³/mol. The predicted octanol–water partition coefficient (Wildman–Crippen LogP) is 1.74. The first-order valence-corrected chi connectivity index (χ1v) is 6.75.